The average Bonchev–Trinajstić information content (AvgIpc) is 2.27. The minimum absolute atomic E-state index is 0.209. The second-order valence-corrected chi connectivity index (χ2v) is 4.22. The smallest absolute Gasteiger partial charge is 0.403 e. The van der Waals surface area contributed by atoms with E-state index in [2.05, 4.69) is 0 Å². The van der Waals surface area contributed by atoms with E-state index in [1.54, 1.807) is 6.92 Å². The van der Waals surface area contributed by atoms with E-state index in [4.69, 9.17) is 14.6 Å². The zero-order valence-electron chi connectivity index (χ0n) is 11.2. The molecule has 0 fully saturated rings. The number of aliphatic carboxylic acids is 1. The second kappa shape index (κ2) is 8.34. The molecule has 19 heavy (non-hydrogen) atoms. The Morgan fingerprint density at radius 1 is 1.32 bits per heavy atom. The highest BCUT2D eigenvalue weighted by atomic mass is 19.4. The van der Waals surface area contributed by atoms with Crippen LogP contribution < -0.4 is 0 Å². The van der Waals surface area contributed by atoms with Crippen molar-refractivity contribution in [2.45, 2.75) is 19.1 Å². The zero-order chi connectivity index (χ0) is 15.1. The van der Waals surface area contributed by atoms with Crippen molar-refractivity contribution in [2.75, 3.05) is 40.5 Å². The van der Waals surface area contributed by atoms with Gasteiger partial charge in [-0.3, -0.25) is 9.69 Å². The van der Waals surface area contributed by atoms with Crippen LogP contribution in [0.5, 0.6) is 0 Å². The fourth-order valence-corrected chi connectivity index (χ4v) is 1.60. The van der Waals surface area contributed by atoms with Crippen LogP contribution in [0.4, 0.5) is 13.2 Å². The highest BCUT2D eigenvalue weighted by Crippen LogP contribution is 2.27. The predicted molar refractivity (Wildman–Crippen MR) is 62.0 cm³/mol. The molecular weight excluding hydrogens is 267 g/mol. The van der Waals surface area contributed by atoms with E-state index < -0.39 is 24.6 Å². The number of carboxylic acid groups (broad SMARTS) is 1. The number of carbonyl (C=O) groups is 1. The van der Waals surface area contributed by atoms with Crippen LogP contribution in [0.1, 0.15) is 6.92 Å². The third-order valence-corrected chi connectivity index (χ3v) is 2.72. The van der Waals surface area contributed by atoms with Gasteiger partial charge in [0.15, 0.2) is 5.92 Å². The summed E-state index contributed by atoms with van der Waals surface area (Å²) in [6.07, 6.45) is -4.77. The molecule has 0 aromatic heterocycles. The topological polar surface area (TPSA) is 59.0 Å². The normalized spacial score (nSPS) is 15.5. The van der Waals surface area contributed by atoms with Gasteiger partial charge in [0.1, 0.15) is 0 Å². The number of halogens is 3. The van der Waals surface area contributed by atoms with Gasteiger partial charge in [-0.15, -0.1) is 0 Å². The summed E-state index contributed by atoms with van der Waals surface area (Å²) in [5.74, 6) is -4.29. The molecule has 0 amide bonds. The van der Waals surface area contributed by atoms with Crippen LogP contribution in [0.3, 0.4) is 0 Å². The first kappa shape index (κ1) is 18.1. The molecule has 0 spiro atoms. The summed E-state index contributed by atoms with van der Waals surface area (Å²) < 4.78 is 47.6. The molecule has 0 saturated heterocycles. The largest absolute Gasteiger partial charge is 0.481 e. The lowest BCUT2D eigenvalue weighted by Gasteiger charge is -2.31. The van der Waals surface area contributed by atoms with Crippen LogP contribution in [0, 0.1) is 5.92 Å². The minimum Gasteiger partial charge on any atom is -0.481 e. The van der Waals surface area contributed by atoms with Gasteiger partial charge in [0.2, 0.25) is 0 Å². The fourth-order valence-electron chi connectivity index (χ4n) is 1.60. The predicted octanol–water partition coefficient (Wildman–Crippen LogP) is 1.23. The molecule has 8 heteroatoms. The van der Waals surface area contributed by atoms with Crippen LogP contribution in [-0.2, 0) is 14.3 Å². The summed E-state index contributed by atoms with van der Waals surface area (Å²) in [7, 11) is 2.86. The Kier molecular flexibility index (Phi) is 7.96. The maximum absolute atomic E-state index is 12.6. The molecule has 0 radical (unpaired) electrons. The van der Waals surface area contributed by atoms with Gasteiger partial charge in [-0.2, -0.15) is 13.2 Å². The highest BCUT2D eigenvalue weighted by Gasteiger charge is 2.46. The molecule has 0 aromatic rings. The molecule has 0 rings (SSSR count). The van der Waals surface area contributed by atoms with Gasteiger partial charge in [-0.25, -0.2) is 0 Å². The van der Waals surface area contributed by atoms with Crippen molar-refractivity contribution >= 4 is 5.97 Å². The van der Waals surface area contributed by atoms with E-state index in [0.29, 0.717) is 0 Å². The standard InChI is InChI=1S/C11H20F3NO4/c1-8(7-19-3)15(4-5-18-2)6-9(10(16)17)11(12,13)14/h8-9H,4-7H2,1-3H3,(H,16,17). The van der Waals surface area contributed by atoms with Crippen LogP contribution in [0.15, 0.2) is 0 Å². The Bertz CT molecular complexity index is 273. The number of methoxy groups -OCH3 is 2. The SMILES string of the molecule is COCCN(CC(C(=O)O)C(F)(F)F)C(C)COC. The maximum Gasteiger partial charge on any atom is 0.403 e. The van der Waals surface area contributed by atoms with Crippen molar-refractivity contribution in [3.8, 4) is 0 Å². The van der Waals surface area contributed by atoms with Crippen molar-refractivity contribution < 1.29 is 32.5 Å². The number of ether oxygens (including phenoxy) is 2. The van der Waals surface area contributed by atoms with Crippen molar-refractivity contribution in [1.82, 2.24) is 4.90 Å². The van der Waals surface area contributed by atoms with Gasteiger partial charge in [-0.1, -0.05) is 0 Å². The lowest BCUT2D eigenvalue weighted by atomic mass is 10.1. The third kappa shape index (κ3) is 6.74. The van der Waals surface area contributed by atoms with Gasteiger partial charge < -0.3 is 14.6 Å². The van der Waals surface area contributed by atoms with Crippen LogP contribution in [0.2, 0.25) is 0 Å². The monoisotopic (exact) mass is 287 g/mol. The summed E-state index contributed by atoms with van der Waals surface area (Å²) in [5, 5.41) is 8.69. The second-order valence-electron chi connectivity index (χ2n) is 4.22. The van der Waals surface area contributed by atoms with Crippen molar-refractivity contribution in [3.05, 3.63) is 0 Å². The molecule has 2 unspecified atom stereocenters. The van der Waals surface area contributed by atoms with Crippen molar-refractivity contribution in [1.29, 1.82) is 0 Å². The number of alkyl halides is 3. The fraction of sp³-hybridized carbons (Fsp3) is 0.909. The first-order chi connectivity index (χ1) is 8.73. The van der Waals surface area contributed by atoms with Gasteiger partial charge >= 0.3 is 12.1 Å². The first-order valence-corrected chi connectivity index (χ1v) is 5.75. The molecule has 0 bridgehead atoms. The van der Waals surface area contributed by atoms with E-state index >= 15 is 0 Å². The van der Waals surface area contributed by atoms with Crippen LogP contribution in [0.25, 0.3) is 0 Å². The first-order valence-electron chi connectivity index (χ1n) is 5.75. The number of hydrogen-bond acceptors (Lipinski definition) is 4. The molecule has 0 saturated carbocycles. The van der Waals surface area contributed by atoms with E-state index in [1.807, 2.05) is 0 Å². The molecule has 0 aliphatic rings. The van der Waals surface area contributed by atoms with E-state index in [1.165, 1.54) is 19.1 Å². The molecule has 0 heterocycles. The van der Waals surface area contributed by atoms with E-state index in [9.17, 15) is 18.0 Å². The average molecular weight is 287 g/mol. The van der Waals surface area contributed by atoms with Crippen molar-refractivity contribution in [3.63, 3.8) is 0 Å². The molecule has 114 valence electrons. The Labute approximate surface area is 110 Å². The van der Waals surface area contributed by atoms with Crippen LogP contribution in [-0.4, -0.2) is 68.7 Å². The summed E-state index contributed by atoms with van der Waals surface area (Å²) in [5.41, 5.74) is 0. The zero-order valence-corrected chi connectivity index (χ0v) is 11.2. The molecule has 5 nitrogen and oxygen atoms in total. The number of nitrogens with zero attached hydrogens (tertiary/aromatic N) is 1. The third-order valence-electron chi connectivity index (χ3n) is 2.72. The summed E-state index contributed by atoms with van der Waals surface area (Å²) in [4.78, 5) is 12.1. The number of hydrogen-bond donors (Lipinski definition) is 1. The maximum atomic E-state index is 12.6. The Morgan fingerprint density at radius 3 is 2.26 bits per heavy atom. The van der Waals surface area contributed by atoms with Gasteiger partial charge in [-0.05, 0) is 6.92 Å². The summed E-state index contributed by atoms with van der Waals surface area (Å²) in [6.45, 7) is 1.70. The van der Waals surface area contributed by atoms with Crippen molar-refractivity contribution in [2.24, 2.45) is 5.92 Å². The Morgan fingerprint density at radius 2 is 1.89 bits per heavy atom. The lowest BCUT2D eigenvalue weighted by molar-refractivity contribution is -0.197. The van der Waals surface area contributed by atoms with E-state index in [0.717, 1.165) is 0 Å². The molecular formula is C11H20F3NO4. The quantitative estimate of drug-likeness (QED) is 0.691. The molecule has 0 aliphatic carbocycles. The molecule has 0 aliphatic heterocycles. The summed E-state index contributed by atoms with van der Waals surface area (Å²) in [6, 6.07) is -0.329. The molecule has 1 N–H and O–H groups in total. The van der Waals surface area contributed by atoms with Crippen LogP contribution >= 0.6 is 0 Å². The number of rotatable bonds is 9. The summed E-state index contributed by atoms with van der Waals surface area (Å²) >= 11 is 0. The van der Waals surface area contributed by atoms with Gasteiger partial charge in [0, 0.05) is 33.4 Å². The molecule has 2 atom stereocenters. The Hall–Kier alpha value is -0.860. The molecule has 0 aromatic carbocycles. The van der Waals surface area contributed by atoms with Gasteiger partial charge in [0.05, 0.1) is 13.2 Å². The number of carboxylic acids is 1. The minimum atomic E-state index is -4.77. The highest BCUT2D eigenvalue weighted by molar-refractivity contribution is 5.71. The van der Waals surface area contributed by atoms with E-state index in [-0.39, 0.29) is 25.8 Å². The lowest BCUT2D eigenvalue weighted by Crippen LogP contribution is -2.47. The van der Waals surface area contributed by atoms with Gasteiger partial charge in [0.25, 0.3) is 0 Å². The Balaban J connectivity index is 4.79.